The van der Waals surface area contributed by atoms with Gasteiger partial charge in [0.25, 0.3) is 5.91 Å². The van der Waals surface area contributed by atoms with Crippen molar-refractivity contribution in [3.63, 3.8) is 0 Å². The maximum atomic E-state index is 13.1. The normalized spacial score (nSPS) is 11.8. The van der Waals surface area contributed by atoms with Crippen molar-refractivity contribution in [3.8, 4) is 0 Å². The van der Waals surface area contributed by atoms with Crippen LogP contribution in [-0.4, -0.2) is 24.0 Å². The van der Waals surface area contributed by atoms with Gasteiger partial charge in [-0.05, 0) is 36.4 Å². The number of halogens is 7. The molecule has 0 radical (unpaired) electrons. The molecule has 2 heterocycles. The minimum atomic E-state index is -4.63. The molecule has 0 spiro atoms. The summed E-state index contributed by atoms with van der Waals surface area (Å²) in [5, 5.41) is 7.68. The Balaban J connectivity index is 1.68. The predicted octanol–water partition coefficient (Wildman–Crippen LogP) is 6.14. The second-order valence-corrected chi connectivity index (χ2v) is 7.00. The third kappa shape index (κ3) is 6.31. The van der Waals surface area contributed by atoms with E-state index >= 15 is 0 Å². The van der Waals surface area contributed by atoms with Crippen LogP contribution in [0.5, 0.6) is 0 Å². The Morgan fingerprint density at radius 1 is 0.939 bits per heavy atom. The summed E-state index contributed by atoms with van der Waals surface area (Å²) in [4.78, 5) is 15.8. The maximum Gasteiger partial charge on any atom is 0.417 e. The van der Waals surface area contributed by atoms with E-state index in [0.717, 1.165) is 24.3 Å². The van der Waals surface area contributed by atoms with Gasteiger partial charge < -0.3 is 20.4 Å². The Kier molecular flexibility index (Phi) is 7.06. The van der Waals surface area contributed by atoms with Crippen molar-refractivity contribution in [3.05, 3.63) is 70.8 Å². The summed E-state index contributed by atoms with van der Waals surface area (Å²) in [7, 11) is 0. The molecule has 6 nitrogen and oxygen atoms in total. The second kappa shape index (κ2) is 9.61. The standard InChI is InChI=1S/C20H15ClF6N4O2/c21-13-8-12(20(25,26)27)10-30-17(13)29-6-5-28-14-4-3-11(19(22,23)24)9-15(14)31-18(32)16-2-1-7-33-16/h1-4,7-10,28H,5-6H2,(H,29,30)(H,31,32). The van der Waals surface area contributed by atoms with E-state index in [0.29, 0.717) is 6.20 Å². The molecule has 0 unspecified atom stereocenters. The van der Waals surface area contributed by atoms with Crippen molar-refractivity contribution >= 4 is 34.7 Å². The molecule has 1 aromatic carbocycles. The number of carbonyl (C=O) groups is 1. The molecule has 0 saturated heterocycles. The van der Waals surface area contributed by atoms with Crippen LogP contribution in [0.25, 0.3) is 0 Å². The number of hydrogen-bond donors (Lipinski definition) is 3. The average Bonchev–Trinajstić information content (AvgIpc) is 3.26. The van der Waals surface area contributed by atoms with E-state index in [9.17, 15) is 31.1 Å². The molecule has 13 heteroatoms. The third-order valence-corrected chi connectivity index (χ3v) is 4.53. The molecule has 33 heavy (non-hydrogen) atoms. The number of nitrogens with one attached hydrogen (secondary N) is 3. The van der Waals surface area contributed by atoms with Crippen LogP contribution in [0.1, 0.15) is 21.7 Å². The number of carbonyl (C=O) groups excluding carboxylic acids is 1. The number of hydrogen-bond acceptors (Lipinski definition) is 5. The first-order chi connectivity index (χ1) is 15.4. The highest BCUT2D eigenvalue weighted by Crippen LogP contribution is 2.35. The minimum Gasteiger partial charge on any atom is -0.459 e. The maximum absolute atomic E-state index is 13.1. The number of nitrogens with zero attached hydrogens (tertiary/aromatic N) is 1. The lowest BCUT2D eigenvalue weighted by molar-refractivity contribution is -0.138. The summed E-state index contributed by atoms with van der Waals surface area (Å²) in [5.41, 5.74) is -1.94. The summed E-state index contributed by atoms with van der Waals surface area (Å²) in [6, 6.07) is 6.27. The smallest absolute Gasteiger partial charge is 0.417 e. The average molecular weight is 493 g/mol. The first-order valence-electron chi connectivity index (χ1n) is 9.22. The van der Waals surface area contributed by atoms with Gasteiger partial charge in [-0.1, -0.05) is 11.6 Å². The van der Waals surface area contributed by atoms with Crippen LogP contribution in [0.3, 0.4) is 0 Å². The van der Waals surface area contributed by atoms with Crippen molar-refractivity contribution in [1.82, 2.24) is 4.98 Å². The number of anilines is 3. The second-order valence-electron chi connectivity index (χ2n) is 6.60. The van der Waals surface area contributed by atoms with Crippen LogP contribution in [0.2, 0.25) is 5.02 Å². The van der Waals surface area contributed by atoms with E-state index in [4.69, 9.17) is 16.0 Å². The van der Waals surface area contributed by atoms with Crippen LogP contribution in [0.4, 0.5) is 43.5 Å². The minimum absolute atomic E-state index is 0.00484. The zero-order valence-electron chi connectivity index (χ0n) is 16.4. The topological polar surface area (TPSA) is 79.2 Å². The van der Waals surface area contributed by atoms with Gasteiger partial charge in [0.15, 0.2) is 5.76 Å². The molecule has 0 saturated carbocycles. The highest BCUT2D eigenvalue weighted by atomic mass is 35.5. The lowest BCUT2D eigenvalue weighted by atomic mass is 10.1. The van der Waals surface area contributed by atoms with Gasteiger partial charge >= 0.3 is 12.4 Å². The molecule has 2 aromatic heterocycles. The summed E-state index contributed by atoms with van der Waals surface area (Å²) in [6.07, 6.45) is -7.35. The number of furan rings is 1. The number of benzene rings is 1. The van der Waals surface area contributed by atoms with Gasteiger partial charge in [0.1, 0.15) is 5.82 Å². The van der Waals surface area contributed by atoms with Crippen LogP contribution in [-0.2, 0) is 12.4 Å². The van der Waals surface area contributed by atoms with Gasteiger partial charge in [-0.3, -0.25) is 4.79 Å². The highest BCUT2D eigenvalue weighted by Gasteiger charge is 2.32. The Bertz CT molecular complexity index is 1120. The zero-order chi connectivity index (χ0) is 24.2. The van der Waals surface area contributed by atoms with E-state index in [1.807, 2.05) is 0 Å². The molecule has 0 aliphatic heterocycles. The summed E-state index contributed by atoms with van der Waals surface area (Å²) in [6.45, 7) is 0.207. The molecule has 3 N–H and O–H groups in total. The fourth-order valence-electron chi connectivity index (χ4n) is 2.67. The van der Waals surface area contributed by atoms with E-state index in [1.54, 1.807) is 0 Å². The third-order valence-electron chi connectivity index (χ3n) is 4.24. The van der Waals surface area contributed by atoms with Gasteiger partial charge in [0, 0.05) is 19.3 Å². The molecule has 1 amide bonds. The number of alkyl halides is 6. The molecule has 0 fully saturated rings. The predicted molar refractivity (Wildman–Crippen MR) is 109 cm³/mol. The molecule has 3 rings (SSSR count). The lowest BCUT2D eigenvalue weighted by Gasteiger charge is -2.16. The van der Waals surface area contributed by atoms with E-state index in [2.05, 4.69) is 20.9 Å². The molecule has 0 aliphatic carbocycles. The first kappa shape index (κ1) is 24.2. The number of pyridine rings is 1. The van der Waals surface area contributed by atoms with Crippen molar-refractivity contribution in [1.29, 1.82) is 0 Å². The summed E-state index contributed by atoms with van der Waals surface area (Å²) < 4.78 is 82.3. The van der Waals surface area contributed by atoms with Crippen LogP contribution in [0.15, 0.2) is 53.3 Å². The van der Waals surface area contributed by atoms with Crippen molar-refractivity contribution in [2.75, 3.05) is 29.0 Å². The van der Waals surface area contributed by atoms with Crippen molar-refractivity contribution < 1.29 is 35.6 Å². The molecular formula is C20H15ClF6N4O2. The fourth-order valence-corrected chi connectivity index (χ4v) is 2.90. The van der Waals surface area contributed by atoms with Gasteiger partial charge in [-0.2, -0.15) is 26.3 Å². The lowest BCUT2D eigenvalue weighted by Crippen LogP contribution is -2.18. The van der Waals surface area contributed by atoms with Crippen LogP contribution >= 0.6 is 11.6 Å². The zero-order valence-corrected chi connectivity index (χ0v) is 17.2. The molecule has 0 aliphatic rings. The molecule has 3 aromatic rings. The SMILES string of the molecule is O=C(Nc1cc(C(F)(F)F)ccc1NCCNc1ncc(C(F)(F)F)cc1Cl)c1ccco1. The Labute approximate surface area is 187 Å². The molecule has 176 valence electrons. The van der Waals surface area contributed by atoms with Crippen LogP contribution < -0.4 is 16.0 Å². The Morgan fingerprint density at radius 2 is 1.64 bits per heavy atom. The van der Waals surface area contributed by atoms with Gasteiger partial charge in [0.2, 0.25) is 0 Å². The van der Waals surface area contributed by atoms with Gasteiger partial charge in [-0.15, -0.1) is 0 Å². The van der Waals surface area contributed by atoms with Gasteiger partial charge in [-0.25, -0.2) is 4.98 Å². The quantitative estimate of drug-likeness (QED) is 0.273. The summed E-state index contributed by atoms with van der Waals surface area (Å²) in [5.74, 6) is -0.838. The molecular weight excluding hydrogens is 478 g/mol. The van der Waals surface area contributed by atoms with E-state index < -0.39 is 29.4 Å². The fraction of sp³-hybridized carbons (Fsp3) is 0.200. The van der Waals surface area contributed by atoms with Crippen molar-refractivity contribution in [2.24, 2.45) is 0 Å². The Morgan fingerprint density at radius 3 is 2.24 bits per heavy atom. The Hall–Kier alpha value is -3.41. The highest BCUT2D eigenvalue weighted by molar-refractivity contribution is 6.32. The number of amides is 1. The van der Waals surface area contributed by atoms with Crippen molar-refractivity contribution in [2.45, 2.75) is 12.4 Å². The van der Waals surface area contributed by atoms with Gasteiger partial charge in [0.05, 0.1) is 33.8 Å². The number of aromatic nitrogens is 1. The molecule has 0 bridgehead atoms. The summed E-state index contributed by atoms with van der Waals surface area (Å²) >= 11 is 5.81. The largest absolute Gasteiger partial charge is 0.459 e. The number of rotatable bonds is 7. The monoisotopic (exact) mass is 492 g/mol. The van der Waals surface area contributed by atoms with Crippen LogP contribution in [0, 0.1) is 0 Å². The van der Waals surface area contributed by atoms with E-state index in [1.165, 1.54) is 18.4 Å². The first-order valence-corrected chi connectivity index (χ1v) is 9.59. The van der Waals surface area contributed by atoms with E-state index in [-0.39, 0.29) is 41.1 Å². The molecule has 0 atom stereocenters.